The molecule has 0 fully saturated rings. The van der Waals surface area contributed by atoms with Gasteiger partial charge in [-0.2, -0.15) is 0 Å². The number of anilines is 1. The summed E-state index contributed by atoms with van der Waals surface area (Å²) in [5.41, 5.74) is 7.76. The van der Waals surface area contributed by atoms with Crippen LogP contribution in [0.1, 0.15) is 0 Å². The normalized spacial score (nSPS) is 11.3. The number of rotatable bonds is 1. The van der Waals surface area contributed by atoms with E-state index in [1.807, 2.05) is 22.9 Å². The number of hydrogen-bond acceptors (Lipinski definition) is 2. The molecule has 0 spiro atoms. The smallest absolute Gasteiger partial charge is 0.146 e. The minimum absolute atomic E-state index is 0.199. The van der Waals surface area contributed by atoms with Crippen LogP contribution in [-0.2, 0) is 0 Å². The van der Waals surface area contributed by atoms with E-state index < -0.39 is 0 Å². The van der Waals surface area contributed by atoms with E-state index >= 15 is 0 Å². The first-order valence-electron chi connectivity index (χ1n) is 4.08. The molecule has 0 radical (unpaired) electrons. The lowest BCUT2D eigenvalue weighted by Crippen LogP contribution is -2.11. The number of nitrogen functional groups attached to an aromatic ring is 1. The quantitative estimate of drug-likeness (QED) is 0.693. The molecule has 0 amide bonds. The Morgan fingerprint density at radius 2 is 2.15 bits per heavy atom. The Kier molecular flexibility index (Phi) is 1.97. The number of nitrogens with two attached hydrogens (primary N) is 1. The van der Waals surface area contributed by atoms with Gasteiger partial charge in [0.15, 0.2) is 0 Å². The van der Waals surface area contributed by atoms with Crippen molar-refractivity contribution in [1.29, 1.82) is 0 Å². The summed E-state index contributed by atoms with van der Waals surface area (Å²) in [4.78, 5) is 4.30. The van der Waals surface area contributed by atoms with E-state index in [9.17, 15) is 0 Å². The van der Waals surface area contributed by atoms with Gasteiger partial charge in [-0.05, 0) is 19.4 Å². The van der Waals surface area contributed by atoms with E-state index in [0.29, 0.717) is 0 Å². The van der Waals surface area contributed by atoms with Crippen LogP contribution in [0.4, 0.5) is 5.69 Å². The Bertz CT molecular complexity index is 433. The fourth-order valence-electron chi connectivity index (χ4n) is 1.44. The third-order valence-electron chi connectivity index (χ3n) is 2.02. The molecule has 0 saturated heterocycles. The van der Waals surface area contributed by atoms with E-state index in [0.717, 1.165) is 11.3 Å². The Balaban J connectivity index is 2.80. The van der Waals surface area contributed by atoms with Gasteiger partial charge in [-0.1, -0.05) is 7.92 Å². The predicted molar refractivity (Wildman–Crippen MR) is 58.0 cm³/mol. The summed E-state index contributed by atoms with van der Waals surface area (Å²) < 4.78 is 2.01. The van der Waals surface area contributed by atoms with Gasteiger partial charge in [0.05, 0.1) is 0 Å². The van der Waals surface area contributed by atoms with Crippen LogP contribution in [0.2, 0.25) is 0 Å². The zero-order valence-electron chi connectivity index (χ0n) is 7.73. The summed E-state index contributed by atoms with van der Waals surface area (Å²) in [6.45, 7) is 4.38. The number of imidazole rings is 1. The number of pyridine rings is 1. The van der Waals surface area contributed by atoms with Gasteiger partial charge in [0.25, 0.3) is 0 Å². The monoisotopic (exact) mass is 193 g/mol. The number of fused-ring (bicyclic) bond motifs is 1. The van der Waals surface area contributed by atoms with Crippen molar-refractivity contribution < 1.29 is 0 Å². The molecule has 0 saturated carbocycles. The van der Waals surface area contributed by atoms with Gasteiger partial charge in [0.1, 0.15) is 5.65 Å². The maximum Gasteiger partial charge on any atom is 0.146 e. The molecule has 2 aromatic heterocycles. The molecular formula is C9H12N3P. The van der Waals surface area contributed by atoms with Crippen molar-refractivity contribution in [3.05, 3.63) is 24.7 Å². The molecule has 0 aromatic carbocycles. The molecule has 3 nitrogen and oxygen atoms in total. The third kappa shape index (κ3) is 1.29. The second-order valence-electron chi connectivity index (χ2n) is 3.17. The Morgan fingerprint density at radius 1 is 1.38 bits per heavy atom. The van der Waals surface area contributed by atoms with Crippen LogP contribution in [0.5, 0.6) is 0 Å². The zero-order valence-corrected chi connectivity index (χ0v) is 8.62. The fourth-order valence-corrected chi connectivity index (χ4v) is 2.61. The highest BCUT2D eigenvalue weighted by molar-refractivity contribution is 7.64. The molecular weight excluding hydrogens is 181 g/mol. The molecule has 0 unspecified atom stereocenters. The summed E-state index contributed by atoms with van der Waals surface area (Å²) in [6.07, 6.45) is 5.69. The summed E-state index contributed by atoms with van der Waals surface area (Å²) in [6, 6.07) is 1.94. The Hall–Kier alpha value is -1.08. The summed E-state index contributed by atoms with van der Waals surface area (Å²) >= 11 is 0. The zero-order chi connectivity index (χ0) is 9.42. The van der Waals surface area contributed by atoms with E-state index in [-0.39, 0.29) is 7.92 Å². The van der Waals surface area contributed by atoms with Gasteiger partial charge in [-0.25, -0.2) is 4.98 Å². The van der Waals surface area contributed by atoms with Crippen molar-refractivity contribution in [2.24, 2.45) is 0 Å². The first kappa shape index (κ1) is 8.52. The van der Waals surface area contributed by atoms with Crippen LogP contribution >= 0.6 is 7.92 Å². The topological polar surface area (TPSA) is 43.3 Å². The molecule has 4 heteroatoms. The van der Waals surface area contributed by atoms with Crippen LogP contribution in [0.25, 0.3) is 5.65 Å². The average molecular weight is 193 g/mol. The second-order valence-corrected chi connectivity index (χ2v) is 5.41. The van der Waals surface area contributed by atoms with E-state index in [4.69, 9.17) is 5.73 Å². The van der Waals surface area contributed by atoms with Crippen molar-refractivity contribution >= 4 is 24.6 Å². The highest BCUT2D eigenvalue weighted by atomic mass is 31.1. The molecule has 68 valence electrons. The van der Waals surface area contributed by atoms with Crippen molar-refractivity contribution in [3.8, 4) is 0 Å². The molecule has 2 aromatic rings. The highest BCUT2D eigenvalue weighted by Crippen LogP contribution is 2.28. The van der Waals surface area contributed by atoms with E-state index in [2.05, 4.69) is 18.3 Å². The largest absolute Gasteiger partial charge is 0.398 e. The molecule has 2 rings (SSSR count). The standard InChI is InChI=1S/C9H12N3P/c1-13(2)8-7(10)3-5-12-6-4-11-9(8)12/h3-6H,10H2,1-2H3. The highest BCUT2D eigenvalue weighted by Gasteiger charge is 2.09. The number of aromatic nitrogens is 2. The van der Waals surface area contributed by atoms with E-state index in [1.54, 1.807) is 6.20 Å². The van der Waals surface area contributed by atoms with Gasteiger partial charge in [-0.15, -0.1) is 0 Å². The molecule has 0 bridgehead atoms. The average Bonchev–Trinajstić information content (AvgIpc) is 2.50. The van der Waals surface area contributed by atoms with Crippen LogP contribution in [0.15, 0.2) is 24.7 Å². The van der Waals surface area contributed by atoms with Gasteiger partial charge in [0.2, 0.25) is 0 Å². The lowest BCUT2D eigenvalue weighted by molar-refractivity contribution is 1.20. The minimum Gasteiger partial charge on any atom is -0.398 e. The molecule has 2 N–H and O–H groups in total. The van der Waals surface area contributed by atoms with Gasteiger partial charge < -0.3 is 10.1 Å². The molecule has 13 heavy (non-hydrogen) atoms. The van der Waals surface area contributed by atoms with E-state index in [1.165, 1.54) is 5.30 Å². The van der Waals surface area contributed by atoms with Gasteiger partial charge in [0, 0.05) is 29.6 Å². The van der Waals surface area contributed by atoms with Crippen molar-refractivity contribution in [2.75, 3.05) is 19.1 Å². The predicted octanol–water partition coefficient (Wildman–Crippen LogP) is 1.28. The summed E-state index contributed by atoms with van der Waals surface area (Å²) in [5, 5.41) is 1.20. The van der Waals surface area contributed by atoms with Gasteiger partial charge in [-0.3, -0.25) is 0 Å². The number of hydrogen-bond donors (Lipinski definition) is 1. The van der Waals surface area contributed by atoms with Crippen molar-refractivity contribution in [1.82, 2.24) is 9.38 Å². The maximum absolute atomic E-state index is 5.91. The summed E-state index contributed by atoms with van der Waals surface area (Å²) in [5.74, 6) is 0. The number of nitrogens with zero attached hydrogens (tertiary/aromatic N) is 2. The first-order valence-corrected chi connectivity index (χ1v) is 6.32. The SMILES string of the molecule is CP(C)c1c(N)ccn2ccnc12. The lowest BCUT2D eigenvalue weighted by atomic mass is 10.4. The van der Waals surface area contributed by atoms with Crippen LogP contribution in [-0.4, -0.2) is 22.7 Å². The van der Waals surface area contributed by atoms with Crippen LogP contribution in [0, 0.1) is 0 Å². The molecule has 2 heterocycles. The minimum atomic E-state index is -0.199. The van der Waals surface area contributed by atoms with Crippen LogP contribution < -0.4 is 11.0 Å². The van der Waals surface area contributed by atoms with Crippen LogP contribution in [0.3, 0.4) is 0 Å². The lowest BCUT2D eigenvalue weighted by Gasteiger charge is -2.10. The molecule has 0 aliphatic rings. The van der Waals surface area contributed by atoms with Crippen molar-refractivity contribution in [2.45, 2.75) is 0 Å². The second kappa shape index (κ2) is 3.00. The third-order valence-corrected chi connectivity index (χ3v) is 3.37. The maximum atomic E-state index is 5.91. The van der Waals surface area contributed by atoms with Gasteiger partial charge >= 0.3 is 0 Å². The fraction of sp³-hybridized carbons (Fsp3) is 0.222. The Morgan fingerprint density at radius 3 is 2.85 bits per heavy atom. The molecule has 0 aliphatic carbocycles. The molecule has 0 aliphatic heterocycles. The van der Waals surface area contributed by atoms with Crippen molar-refractivity contribution in [3.63, 3.8) is 0 Å². The summed E-state index contributed by atoms with van der Waals surface area (Å²) in [7, 11) is -0.199. The first-order chi connectivity index (χ1) is 6.20. The Labute approximate surface area is 78.3 Å². The molecule has 0 atom stereocenters.